The van der Waals surface area contributed by atoms with Crippen molar-refractivity contribution < 1.29 is 24.0 Å². The SMILES string of the molecule is [C-]#[N+]c1ccc(N(C(=O)OC(C)(C)C)C(=O)OC(C)(C)C)cc1[N+](=O)[O-]. The molecule has 1 aromatic rings. The van der Waals surface area contributed by atoms with Gasteiger partial charge in [0.1, 0.15) is 11.2 Å². The summed E-state index contributed by atoms with van der Waals surface area (Å²) in [5.74, 6) is 0. The number of nitro groups is 1. The highest BCUT2D eigenvalue weighted by Crippen LogP contribution is 2.33. The molecule has 0 radical (unpaired) electrons. The van der Waals surface area contributed by atoms with Gasteiger partial charge in [-0.2, -0.15) is 4.90 Å². The molecule has 0 heterocycles. The van der Waals surface area contributed by atoms with E-state index in [1.165, 1.54) is 6.07 Å². The molecule has 26 heavy (non-hydrogen) atoms. The molecule has 0 atom stereocenters. The van der Waals surface area contributed by atoms with Crippen molar-refractivity contribution in [2.45, 2.75) is 52.7 Å². The van der Waals surface area contributed by atoms with Crippen LogP contribution in [0.2, 0.25) is 0 Å². The Bertz CT molecular complexity index is 740. The molecule has 0 bridgehead atoms. The fourth-order valence-electron chi connectivity index (χ4n) is 1.79. The first-order valence-electron chi connectivity index (χ1n) is 7.67. The number of nitro benzene ring substituents is 1. The van der Waals surface area contributed by atoms with Gasteiger partial charge in [-0.25, -0.2) is 14.4 Å². The summed E-state index contributed by atoms with van der Waals surface area (Å²) in [5, 5.41) is 11.2. The predicted molar refractivity (Wildman–Crippen MR) is 94.3 cm³/mol. The average molecular weight is 363 g/mol. The third kappa shape index (κ3) is 5.73. The van der Waals surface area contributed by atoms with Crippen LogP contribution in [-0.2, 0) is 9.47 Å². The zero-order valence-corrected chi connectivity index (χ0v) is 15.5. The number of hydrogen-bond donors (Lipinski definition) is 0. The van der Waals surface area contributed by atoms with Crippen LogP contribution in [-0.4, -0.2) is 28.3 Å². The van der Waals surface area contributed by atoms with Crippen LogP contribution < -0.4 is 4.90 Å². The van der Waals surface area contributed by atoms with Gasteiger partial charge in [-0.05, 0) is 53.7 Å². The summed E-state index contributed by atoms with van der Waals surface area (Å²) < 4.78 is 10.4. The van der Waals surface area contributed by atoms with E-state index < -0.39 is 34.0 Å². The topological polar surface area (TPSA) is 103 Å². The first kappa shape index (κ1) is 20.9. The van der Waals surface area contributed by atoms with Crippen molar-refractivity contribution in [2.75, 3.05) is 4.90 Å². The fourth-order valence-corrected chi connectivity index (χ4v) is 1.79. The van der Waals surface area contributed by atoms with Crippen LogP contribution in [0.3, 0.4) is 0 Å². The summed E-state index contributed by atoms with van der Waals surface area (Å²) >= 11 is 0. The Morgan fingerprint density at radius 1 is 1.08 bits per heavy atom. The van der Waals surface area contributed by atoms with E-state index in [9.17, 15) is 19.7 Å². The van der Waals surface area contributed by atoms with Crippen molar-refractivity contribution in [3.05, 3.63) is 39.7 Å². The van der Waals surface area contributed by atoms with Gasteiger partial charge in [0.05, 0.1) is 17.2 Å². The number of carbonyl (C=O) groups excluding carboxylic acids is 2. The van der Waals surface area contributed by atoms with Gasteiger partial charge >= 0.3 is 12.2 Å². The molecular weight excluding hydrogens is 342 g/mol. The predicted octanol–water partition coefficient (Wildman–Crippen LogP) is 4.82. The summed E-state index contributed by atoms with van der Waals surface area (Å²) in [7, 11) is 0. The van der Waals surface area contributed by atoms with E-state index in [1.807, 2.05) is 0 Å². The molecule has 9 heteroatoms. The molecule has 0 aliphatic carbocycles. The number of hydrogen-bond acceptors (Lipinski definition) is 6. The quantitative estimate of drug-likeness (QED) is 0.424. The smallest absolute Gasteiger partial charge is 0.424 e. The molecule has 0 fully saturated rings. The van der Waals surface area contributed by atoms with Crippen LogP contribution in [0.15, 0.2) is 18.2 Å². The second-order valence-electron chi connectivity index (χ2n) is 7.34. The Balaban J connectivity index is 3.43. The maximum atomic E-state index is 12.5. The van der Waals surface area contributed by atoms with Gasteiger partial charge in [0.2, 0.25) is 0 Å². The van der Waals surface area contributed by atoms with E-state index in [4.69, 9.17) is 16.0 Å². The molecule has 1 aromatic carbocycles. The minimum absolute atomic E-state index is 0.132. The largest absolute Gasteiger partial charge is 0.443 e. The maximum Gasteiger partial charge on any atom is 0.424 e. The van der Waals surface area contributed by atoms with E-state index in [0.29, 0.717) is 4.90 Å². The van der Waals surface area contributed by atoms with Gasteiger partial charge in [-0.1, -0.05) is 0 Å². The first-order chi connectivity index (χ1) is 11.7. The molecule has 0 N–H and O–H groups in total. The Morgan fingerprint density at radius 2 is 1.54 bits per heavy atom. The van der Waals surface area contributed by atoms with Crippen molar-refractivity contribution in [1.29, 1.82) is 0 Å². The van der Waals surface area contributed by atoms with Crippen LogP contribution in [0.1, 0.15) is 41.5 Å². The summed E-state index contributed by atoms with van der Waals surface area (Å²) in [6, 6.07) is 3.36. The summed E-state index contributed by atoms with van der Waals surface area (Å²) in [4.78, 5) is 39.0. The Morgan fingerprint density at radius 3 is 1.88 bits per heavy atom. The summed E-state index contributed by atoms with van der Waals surface area (Å²) in [6.45, 7) is 16.7. The standard InChI is InChI=1S/C17H21N3O6/c1-16(2,3)25-14(21)19(15(22)26-17(4,5)6)11-8-9-12(18-7)13(10-11)20(23)24/h8-10H,1-6H3. The van der Waals surface area contributed by atoms with Crippen LogP contribution in [0, 0.1) is 16.7 Å². The van der Waals surface area contributed by atoms with Gasteiger partial charge in [0.25, 0.3) is 11.4 Å². The van der Waals surface area contributed by atoms with Crippen molar-refractivity contribution in [2.24, 2.45) is 0 Å². The van der Waals surface area contributed by atoms with Gasteiger partial charge in [0.15, 0.2) is 0 Å². The monoisotopic (exact) mass is 363 g/mol. The number of benzene rings is 1. The van der Waals surface area contributed by atoms with Gasteiger partial charge in [0, 0.05) is 6.07 Å². The number of amides is 2. The number of ether oxygens (including phenoxy) is 2. The van der Waals surface area contributed by atoms with Crippen LogP contribution in [0.4, 0.5) is 26.7 Å². The highest BCUT2D eigenvalue weighted by molar-refractivity contribution is 6.10. The minimum atomic E-state index is -1.04. The van der Waals surface area contributed by atoms with Gasteiger partial charge < -0.3 is 9.47 Å². The molecule has 0 spiro atoms. The van der Waals surface area contributed by atoms with Crippen LogP contribution >= 0.6 is 0 Å². The minimum Gasteiger partial charge on any atom is -0.443 e. The van der Waals surface area contributed by atoms with Crippen molar-refractivity contribution >= 4 is 29.2 Å². The maximum absolute atomic E-state index is 12.5. The molecule has 0 aromatic heterocycles. The van der Waals surface area contributed by atoms with E-state index in [-0.39, 0.29) is 11.4 Å². The van der Waals surface area contributed by atoms with Crippen LogP contribution in [0.5, 0.6) is 0 Å². The summed E-state index contributed by atoms with van der Waals surface area (Å²) in [5.41, 5.74) is -2.69. The normalized spacial score (nSPS) is 11.3. The second kappa shape index (κ2) is 7.39. The van der Waals surface area contributed by atoms with Crippen LogP contribution in [0.25, 0.3) is 4.85 Å². The molecule has 0 unspecified atom stereocenters. The molecular formula is C17H21N3O6. The van der Waals surface area contributed by atoms with E-state index >= 15 is 0 Å². The molecule has 0 saturated heterocycles. The number of anilines is 1. The lowest BCUT2D eigenvalue weighted by Gasteiger charge is -2.28. The molecule has 2 amide bonds. The summed E-state index contributed by atoms with van der Waals surface area (Å²) in [6.07, 6.45) is -2.09. The Hall–Kier alpha value is -3.15. The third-order valence-corrected chi connectivity index (χ3v) is 2.69. The molecule has 0 aliphatic heterocycles. The lowest BCUT2D eigenvalue weighted by molar-refractivity contribution is -0.383. The van der Waals surface area contributed by atoms with Crippen molar-refractivity contribution in [1.82, 2.24) is 0 Å². The fraction of sp³-hybridized carbons (Fsp3) is 0.471. The Kier molecular flexibility index (Phi) is 5.94. The lowest BCUT2D eigenvalue weighted by atomic mass is 10.2. The first-order valence-corrected chi connectivity index (χ1v) is 7.67. The third-order valence-electron chi connectivity index (χ3n) is 2.69. The molecule has 1 rings (SSSR count). The zero-order valence-electron chi connectivity index (χ0n) is 15.5. The molecule has 0 aliphatic rings. The zero-order chi connectivity index (χ0) is 20.3. The highest BCUT2D eigenvalue weighted by Gasteiger charge is 2.33. The molecule has 140 valence electrons. The second-order valence-corrected chi connectivity index (χ2v) is 7.34. The van der Waals surface area contributed by atoms with Gasteiger partial charge in [-0.3, -0.25) is 10.1 Å². The molecule has 9 nitrogen and oxygen atoms in total. The van der Waals surface area contributed by atoms with Crippen molar-refractivity contribution in [3.8, 4) is 0 Å². The van der Waals surface area contributed by atoms with Gasteiger partial charge in [-0.15, -0.1) is 0 Å². The number of carbonyl (C=O) groups is 2. The highest BCUT2D eigenvalue weighted by atomic mass is 16.6. The lowest BCUT2D eigenvalue weighted by Crippen LogP contribution is -2.43. The number of rotatable bonds is 2. The van der Waals surface area contributed by atoms with Crippen molar-refractivity contribution in [3.63, 3.8) is 0 Å². The van der Waals surface area contributed by atoms with E-state index in [0.717, 1.165) is 12.1 Å². The molecule has 0 saturated carbocycles. The average Bonchev–Trinajstić information content (AvgIpc) is 2.43. The number of nitrogens with zero attached hydrogens (tertiary/aromatic N) is 3. The number of imide groups is 1. The Labute approximate surface area is 151 Å². The van der Waals surface area contributed by atoms with E-state index in [1.54, 1.807) is 41.5 Å². The van der Waals surface area contributed by atoms with E-state index in [2.05, 4.69) is 4.85 Å².